The highest BCUT2D eigenvalue weighted by atomic mass is 16.6. The molecule has 1 N–H and O–H groups in total. The van der Waals surface area contributed by atoms with E-state index in [-0.39, 0.29) is 5.97 Å². The number of rotatable bonds is 8. The molecule has 1 aliphatic rings. The maximum Gasteiger partial charge on any atom is 0.341 e. The molecule has 0 spiro atoms. The smallest absolute Gasteiger partial charge is 0.341 e. The average Bonchev–Trinajstić information content (AvgIpc) is 3.39. The molecular formula is C30H33N3O3. The Bertz CT molecular complexity index is 1440. The highest BCUT2D eigenvalue weighted by molar-refractivity contribution is 5.98. The van der Waals surface area contributed by atoms with Gasteiger partial charge in [0.05, 0.1) is 12.2 Å². The van der Waals surface area contributed by atoms with E-state index in [1.54, 1.807) is 18.3 Å². The van der Waals surface area contributed by atoms with Crippen LogP contribution in [0, 0.1) is 6.92 Å². The Kier molecular flexibility index (Phi) is 6.20. The molecule has 2 aromatic carbocycles. The number of nitrogens with zero attached hydrogens (tertiary/aromatic N) is 2. The Morgan fingerprint density at radius 1 is 1.06 bits per heavy atom. The fourth-order valence-electron chi connectivity index (χ4n) is 5.63. The Hall–Kier alpha value is -3.80. The third kappa shape index (κ3) is 3.47. The number of H-pyrrole nitrogens is 1. The molecule has 0 saturated carbocycles. The Morgan fingerprint density at radius 3 is 2.58 bits per heavy atom. The number of hydrogen-bond donors (Lipinski definition) is 1. The van der Waals surface area contributed by atoms with E-state index in [4.69, 9.17) is 14.5 Å². The van der Waals surface area contributed by atoms with Gasteiger partial charge in [0.2, 0.25) is 5.60 Å². The molecule has 0 aliphatic carbocycles. The largest absolute Gasteiger partial charge is 0.493 e. The first kappa shape index (κ1) is 23.9. The second kappa shape index (κ2) is 9.34. The van der Waals surface area contributed by atoms with Crippen LogP contribution in [0.15, 0.2) is 54.7 Å². The lowest BCUT2D eigenvalue weighted by molar-refractivity contribution is 0.0238. The van der Waals surface area contributed by atoms with Crippen LogP contribution in [0.4, 0.5) is 5.69 Å². The van der Waals surface area contributed by atoms with Crippen LogP contribution < -0.4 is 9.64 Å². The third-order valence-electron chi connectivity index (χ3n) is 7.21. The molecule has 1 unspecified atom stereocenters. The number of aromatic nitrogens is 2. The van der Waals surface area contributed by atoms with Crippen LogP contribution in [0.25, 0.3) is 10.9 Å². The van der Waals surface area contributed by atoms with E-state index in [0.29, 0.717) is 23.6 Å². The minimum atomic E-state index is -1.24. The quantitative estimate of drug-likeness (QED) is 0.305. The van der Waals surface area contributed by atoms with Crippen molar-refractivity contribution >= 4 is 22.6 Å². The monoisotopic (exact) mass is 483 g/mol. The number of fused-ring (bicyclic) bond motifs is 2. The van der Waals surface area contributed by atoms with Crippen LogP contribution in [0.2, 0.25) is 0 Å². The van der Waals surface area contributed by atoms with Crippen LogP contribution >= 0.6 is 0 Å². The maximum absolute atomic E-state index is 13.4. The third-order valence-corrected chi connectivity index (χ3v) is 7.21. The maximum atomic E-state index is 13.4. The molecule has 0 fully saturated rings. The molecule has 6 nitrogen and oxygen atoms in total. The molecule has 0 amide bonds. The summed E-state index contributed by atoms with van der Waals surface area (Å²) in [6.07, 6.45) is 2.57. The predicted octanol–water partition coefficient (Wildman–Crippen LogP) is 6.14. The van der Waals surface area contributed by atoms with Crippen molar-refractivity contribution in [3.63, 3.8) is 0 Å². The second-order valence-electron chi connectivity index (χ2n) is 9.07. The molecule has 5 rings (SSSR count). The molecule has 1 atom stereocenters. The van der Waals surface area contributed by atoms with Gasteiger partial charge in [0.25, 0.3) is 0 Å². The molecule has 1 aliphatic heterocycles. The normalized spacial score (nSPS) is 16.8. The highest BCUT2D eigenvalue weighted by Gasteiger charge is 2.53. The number of hydrogen-bond acceptors (Lipinski definition) is 5. The molecule has 0 bridgehead atoms. The minimum Gasteiger partial charge on any atom is -0.493 e. The number of ether oxygens (including phenoxy) is 2. The van der Waals surface area contributed by atoms with Gasteiger partial charge in [-0.25, -0.2) is 4.79 Å². The van der Waals surface area contributed by atoms with E-state index in [0.717, 1.165) is 52.9 Å². The number of aryl methyl sites for hydroxylation is 2. The van der Waals surface area contributed by atoms with Gasteiger partial charge >= 0.3 is 5.97 Å². The van der Waals surface area contributed by atoms with Gasteiger partial charge < -0.3 is 19.4 Å². The Balaban J connectivity index is 1.90. The summed E-state index contributed by atoms with van der Waals surface area (Å²) in [5.74, 6) is 0.312. The number of pyridine rings is 1. The summed E-state index contributed by atoms with van der Waals surface area (Å²) in [6.45, 7) is 12.7. The average molecular weight is 484 g/mol. The lowest BCUT2D eigenvalue weighted by atomic mass is 9.79. The van der Waals surface area contributed by atoms with Crippen LogP contribution in [0.1, 0.15) is 66.1 Å². The molecular weight excluding hydrogens is 450 g/mol. The zero-order valence-corrected chi connectivity index (χ0v) is 21.6. The number of carbonyl (C=O) groups excluding carboxylic acids is 1. The molecule has 3 heterocycles. The SMILES string of the molecule is CCOc1cc(N(CC)CC)ccc1C1(c2c(C)[nH]c3cccc(CC)c23)OC(=O)c2cccnc21. The number of anilines is 1. The van der Waals surface area contributed by atoms with Crippen molar-refractivity contribution in [1.82, 2.24) is 9.97 Å². The van der Waals surface area contributed by atoms with Gasteiger partial charge in [0.15, 0.2) is 0 Å². The topological polar surface area (TPSA) is 67.4 Å². The van der Waals surface area contributed by atoms with Crippen LogP contribution in [0.5, 0.6) is 5.75 Å². The van der Waals surface area contributed by atoms with Crippen molar-refractivity contribution in [3.05, 3.63) is 88.4 Å². The zero-order valence-electron chi connectivity index (χ0n) is 21.6. The molecule has 186 valence electrons. The van der Waals surface area contributed by atoms with Crippen LogP contribution in [0.3, 0.4) is 0 Å². The highest BCUT2D eigenvalue weighted by Crippen LogP contribution is 2.52. The lowest BCUT2D eigenvalue weighted by Gasteiger charge is -2.32. The number of benzene rings is 2. The number of esters is 1. The summed E-state index contributed by atoms with van der Waals surface area (Å²) in [4.78, 5) is 24.0. The molecule has 0 radical (unpaired) electrons. The van der Waals surface area contributed by atoms with Crippen LogP contribution in [-0.4, -0.2) is 35.6 Å². The van der Waals surface area contributed by atoms with Gasteiger partial charge in [0.1, 0.15) is 11.4 Å². The van der Waals surface area contributed by atoms with E-state index in [1.165, 1.54) is 5.56 Å². The predicted molar refractivity (Wildman–Crippen MR) is 143 cm³/mol. The van der Waals surface area contributed by atoms with Gasteiger partial charge in [-0.15, -0.1) is 0 Å². The van der Waals surface area contributed by atoms with E-state index >= 15 is 0 Å². The van der Waals surface area contributed by atoms with E-state index in [9.17, 15) is 4.79 Å². The minimum absolute atomic E-state index is 0.379. The standard InChI is InChI=1S/C30H33N3O3/c1-6-20-12-10-14-24-26(20)27(19(5)32-24)30(28-22(29(34)36-30)13-11-17-31-28)23-16-15-21(33(7-2)8-3)18-25(23)35-9-4/h10-18,32H,6-9H2,1-5H3. The van der Waals surface area contributed by atoms with Crippen LogP contribution in [-0.2, 0) is 16.8 Å². The summed E-state index contributed by atoms with van der Waals surface area (Å²) in [5.41, 5.74) is 5.73. The number of cyclic esters (lactones) is 1. The van der Waals surface area contributed by atoms with E-state index in [2.05, 4.69) is 61.0 Å². The summed E-state index contributed by atoms with van der Waals surface area (Å²) >= 11 is 0. The van der Waals surface area contributed by atoms with Crippen molar-refractivity contribution in [2.75, 3.05) is 24.6 Å². The molecule has 2 aromatic heterocycles. The van der Waals surface area contributed by atoms with Gasteiger partial charge in [-0.2, -0.15) is 0 Å². The molecule has 4 aromatic rings. The second-order valence-corrected chi connectivity index (χ2v) is 9.07. The molecule has 0 saturated heterocycles. The van der Waals surface area contributed by atoms with E-state index < -0.39 is 5.60 Å². The van der Waals surface area contributed by atoms with Gasteiger partial charge in [-0.1, -0.05) is 19.1 Å². The first-order valence-electron chi connectivity index (χ1n) is 12.8. The fraction of sp³-hybridized carbons (Fsp3) is 0.333. The fourth-order valence-corrected chi connectivity index (χ4v) is 5.63. The van der Waals surface area contributed by atoms with Crippen molar-refractivity contribution in [2.45, 2.75) is 46.6 Å². The molecule has 6 heteroatoms. The van der Waals surface area contributed by atoms with Crippen molar-refractivity contribution in [3.8, 4) is 5.75 Å². The zero-order chi connectivity index (χ0) is 25.4. The van der Waals surface area contributed by atoms with Gasteiger partial charge in [-0.3, -0.25) is 4.98 Å². The summed E-state index contributed by atoms with van der Waals surface area (Å²) in [7, 11) is 0. The number of aromatic amines is 1. The number of nitrogens with one attached hydrogen (secondary N) is 1. The van der Waals surface area contributed by atoms with Crippen molar-refractivity contribution in [2.24, 2.45) is 0 Å². The summed E-state index contributed by atoms with van der Waals surface area (Å²) in [6, 6.07) is 16.0. The Morgan fingerprint density at radius 2 is 1.86 bits per heavy atom. The van der Waals surface area contributed by atoms with Crippen molar-refractivity contribution in [1.29, 1.82) is 0 Å². The lowest BCUT2D eigenvalue weighted by Crippen LogP contribution is -2.32. The van der Waals surface area contributed by atoms with Gasteiger partial charge in [-0.05, 0) is 70.0 Å². The van der Waals surface area contributed by atoms with Crippen molar-refractivity contribution < 1.29 is 14.3 Å². The number of carbonyl (C=O) groups is 1. The molecule has 36 heavy (non-hydrogen) atoms. The first-order valence-corrected chi connectivity index (χ1v) is 12.8. The Labute approximate surface area is 212 Å². The van der Waals surface area contributed by atoms with Gasteiger partial charge in [0, 0.05) is 58.8 Å². The van der Waals surface area contributed by atoms with E-state index in [1.807, 2.05) is 19.9 Å². The summed E-state index contributed by atoms with van der Waals surface area (Å²) < 4.78 is 12.7. The first-order chi connectivity index (χ1) is 17.5. The summed E-state index contributed by atoms with van der Waals surface area (Å²) in [5, 5.41) is 1.07.